The van der Waals surface area contributed by atoms with Crippen molar-refractivity contribution >= 4 is 39.1 Å². The van der Waals surface area contributed by atoms with Gasteiger partial charge in [-0.3, -0.25) is 4.90 Å². The predicted octanol–water partition coefficient (Wildman–Crippen LogP) is 5.22. The summed E-state index contributed by atoms with van der Waals surface area (Å²) in [6, 6.07) is 13.9. The maximum atomic E-state index is 16.7. The third-order valence-electron chi connectivity index (χ3n) is 9.42. The Morgan fingerprint density at radius 2 is 1.88 bits per heavy atom. The highest BCUT2D eigenvalue weighted by Crippen LogP contribution is 2.49. The number of likely N-dealkylation sites (tertiary alicyclic amines) is 1. The van der Waals surface area contributed by atoms with Crippen LogP contribution >= 0.6 is 11.6 Å². The van der Waals surface area contributed by atoms with Gasteiger partial charge in [-0.15, -0.1) is 0 Å². The zero-order valence-electron chi connectivity index (χ0n) is 22.3. The molecule has 4 aromatic rings. The Hall–Kier alpha value is -3.20. The van der Waals surface area contributed by atoms with Crippen LogP contribution in [0.3, 0.4) is 0 Å². The Balaban J connectivity index is 1.27. The second kappa shape index (κ2) is 9.16. The van der Waals surface area contributed by atoms with E-state index in [9.17, 15) is 5.11 Å². The van der Waals surface area contributed by atoms with Crippen LogP contribution < -0.4 is 15.0 Å². The van der Waals surface area contributed by atoms with Crippen LogP contribution in [0.2, 0.25) is 5.02 Å². The number of fused-ring (bicyclic) bond motifs is 5. The van der Waals surface area contributed by atoms with Gasteiger partial charge < -0.3 is 20.1 Å². The average molecular weight is 560 g/mol. The summed E-state index contributed by atoms with van der Waals surface area (Å²) in [5.41, 5.74) is 0.922. The second-order valence-electron chi connectivity index (χ2n) is 12.0. The van der Waals surface area contributed by atoms with Gasteiger partial charge in [0.25, 0.3) is 0 Å². The summed E-state index contributed by atoms with van der Waals surface area (Å²) >= 11 is 6.86. The molecule has 2 unspecified atom stereocenters. The number of nitrogens with zero attached hydrogens (tertiary/aromatic N) is 4. The number of phenols is 1. The number of likely N-dealkylation sites (N-methyl/N-ethyl adjacent to an activating group) is 1. The lowest BCUT2D eigenvalue weighted by molar-refractivity contribution is 0.167. The first-order chi connectivity index (χ1) is 19.4. The van der Waals surface area contributed by atoms with Crippen molar-refractivity contribution in [2.24, 2.45) is 11.8 Å². The number of halogens is 2. The highest BCUT2D eigenvalue weighted by Gasteiger charge is 2.51. The quantitative estimate of drug-likeness (QED) is 0.347. The molecule has 3 aromatic carbocycles. The molecule has 206 valence electrons. The first-order valence-electron chi connectivity index (χ1n) is 14.2. The summed E-state index contributed by atoms with van der Waals surface area (Å²) in [6.45, 7) is 3.15. The van der Waals surface area contributed by atoms with Crippen LogP contribution in [-0.4, -0.2) is 71.4 Å². The number of ether oxygens (including phenoxy) is 1. The van der Waals surface area contributed by atoms with Crippen LogP contribution in [0, 0.1) is 17.7 Å². The maximum absolute atomic E-state index is 16.7. The summed E-state index contributed by atoms with van der Waals surface area (Å²) in [4.78, 5) is 14.1. The molecule has 3 aliphatic heterocycles. The molecule has 9 heteroatoms. The van der Waals surface area contributed by atoms with Crippen LogP contribution in [0.5, 0.6) is 11.8 Å². The van der Waals surface area contributed by atoms with Crippen LogP contribution in [0.4, 0.5) is 10.2 Å². The topological polar surface area (TPSA) is 73.8 Å². The van der Waals surface area contributed by atoms with E-state index < -0.39 is 5.82 Å². The van der Waals surface area contributed by atoms with Crippen LogP contribution in [0.1, 0.15) is 19.3 Å². The molecule has 1 aliphatic carbocycles. The lowest BCUT2D eigenvalue weighted by Crippen LogP contribution is -2.51. The molecule has 2 bridgehead atoms. The van der Waals surface area contributed by atoms with Crippen molar-refractivity contribution in [3.63, 3.8) is 0 Å². The van der Waals surface area contributed by atoms with Crippen molar-refractivity contribution in [1.29, 1.82) is 0 Å². The normalized spacial score (nSPS) is 27.5. The number of benzene rings is 3. The average Bonchev–Trinajstić information content (AvgIpc) is 3.50. The molecule has 0 radical (unpaired) electrons. The number of rotatable bonds is 5. The molecule has 7 nitrogen and oxygen atoms in total. The molecule has 0 amide bonds. The lowest BCUT2D eigenvalue weighted by atomic mass is 9.96. The molecule has 5 atom stereocenters. The van der Waals surface area contributed by atoms with Gasteiger partial charge in [0.2, 0.25) is 0 Å². The van der Waals surface area contributed by atoms with Gasteiger partial charge in [-0.25, -0.2) is 4.39 Å². The number of piperidine rings is 1. The van der Waals surface area contributed by atoms with E-state index in [2.05, 4.69) is 27.1 Å². The summed E-state index contributed by atoms with van der Waals surface area (Å²) in [7, 11) is 2.14. The fourth-order valence-corrected chi connectivity index (χ4v) is 7.67. The van der Waals surface area contributed by atoms with Gasteiger partial charge in [0, 0.05) is 48.7 Å². The zero-order chi connectivity index (χ0) is 27.1. The Labute approximate surface area is 236 Å². The molecule has 3 saturated heterocycles. The van der Waals surface area contributed by atoms with E-state index in [1.807, 2.05) is 24.3 Å². The van der Waals surface area contributed by atoms with E-state index in [0.717, 1.165) is 49.2 Å². The predicted molar refractivity (Wildman–Crippen MR) is 155 cm³/mol. The number of hydrogen-bond donors (Lipinski definition) is 2. The SMILES string of the molecule is CN1C[C@@H]2C[C@@H]2[C@H]1COc1nc(N2CC3CCC(C2)N3)c2cc(Cl)c(-c3cc(O)cc4ccccc34)c(F)c2n1. The summed E-state index contributed by atoms with van der Waals surface area (Å²) in [5.74, 6) is 1.60. The Bertz CT molecular complexity index is 1650. The Kier molecular flexibility index (Phi) is 5.63. The van der Waals surface area contributed by atoms with Crippen molar-refractivity contribution in [3.05, 3.63) is 53.3 Å². The molecule has 4 fully saturated rings. The van der Waals surface area contributed by atoms with Gasteiger partial charge in [-0.2, -0.15) is 9.97 Å². The van der Waals surface area contributed by atoms with E-state index in [4.69, 9.17) is 21.3 Å². The molecule has 4 heterocycles. The monoisotopic (exact) mass is 559 g/mol. The number of phenolic OH excluding ortho intramolecular Hbond substituents is 1. The molecule has 1 aromatic heterocycles. The van der Waals surface area contributed by atoms with Gasteiger partial charge in [-0.1, -0.05) is 35.9 Å². The maximum Gasteiger partial charge on any atom is 0.319 e. The molecule has 2 N–H and O–H groups in total. The van der Waals surface area contributed by atoms with Gasteiger partial charge in [0.05, 0.1) is 5.02 Å². The van der Waals surface area contributed by atoms with Crippen molar-refractivity contribution in [2.75, 3.05) is 38.2 Å². The van der Waals surface area contributed by atoms with E-state index in [1.54, 1.807) is 18.2 Å². The number of piperazine rings is 1. The first-order valence-corrected chi connectivity index (χ1v) is 14.6. The smallest absolute Gasteiger partial charge is 0.319 e. The summed E-state index contributed by atoms with van der Waals surface area (Å²) in [6.07, 6.45) is 3.49. The summed E-state index contributed by atoms with van der Waals surface area (Å²) in [5, 5.41) is 16.6. The van der Waals surface area contributed by atoms with Crippen LogP contribution in [-0.2, 0) is 0 Å². The van der Waals surface area contributed by atoms with E-state index in [1.165, 1.54) is 6.42 Å². The molecule has 1 saturated carbocycles. The van der Waals surface area contributed by atoms with Gasteiger partial charge in [0.1, 0.15) is 23.7 Å². The molecular formula is C31H31ClFN5O2. The number of anilines is 1. The number of aromatic hydroxyl groups is 1. The van der Waals surface area contributed by atoms with Gasteiger partial charge in [-0.05, 0) is 72.7 Å². The van der Waals surface area contributed by atoms with Crippen molar-refractivity contribution < 1.29 is 14.2 Å². The molecule has 4 aliphatic rings. The number of aromatic nitrogens is 2. The van der Waals surface area contributed by atoms with E-state index in [0.29, 0.717) is 47.4 Å². The first kappa shape index (κ1) is 24.6. The van der Waals surface area contributed by atoms with E-state index in [-0.39, 0.29) is 27.9 Å². The Morgan fingerprint density at radius 3 is 2.65 bits per heavy atom. The van der Waals surface area contributed by atoms with Gasteiger partial charge in [0.15, 0.2) is 5.82 Å². The highest BCUT2D eigenvalue weighted by molar-refractivity contribution is 6.35. The minimum Gasteiger partial charge on any atom is -0.508 e. The minimum absolute atomic E-state index is 0.0482. The van der Waals surface area contributed by atoms with Gasteiger partial charge >= 0.3 is 6.01 Å². The largest absolute Gasteiger partial charge is 0.508 e. The third-order valence-corrected chi connectivity index (χ3v) is 9.72. The molecule has 0 spiro atoms. The van der Waals surface area contributed by atoms with Crippen LogP contribution in [0.25, 0.3) is 32.8 Å². The fourth-order valence-electron chi connectivity index (χ4n) is 7.38. The standard InChI is InChI=1S/C31H31ClFN5O2/c1-37-12-17-9-22(17)26(37)15-40-31-35-29-24(30(36-31)38-13-18-6-7-19(14-38)34-18)11-25(32)27(28(29)33)23-10-20(39)8-16-4-2-3-5-21(16)23/h2-5,8,10-11,17-19,22,26,34,39H,6-7,9,12-15H2,1H3/t17-,18?,19?,22-,26+/m0/s1. The Morgan fingerprint density at radius 1 is 1.07 bits per heavy atom. The van der Waals surface area contributed by atoms with Crippen molar-refractivity contribution in [3.8, 4) is 22.9 Å². The van der Waals surface area contributed by atoms with Crippen LogP contribution in [0.15, 0.2) is 42.5 Å². The highest BCUT2D eigenvalue weighted by atomic mass is 35.5. The fraction of sp³-hybridized carbons (Fsp3) is 0.419. The van der Waals surface area contributed by atoms with Crippen molar-refractivity contribution in [2.45, 2.75) is 37.4 Å². The zero-order valence-corrected chi connectivity index (χ0v) is 23.0. The molecule has 40 heavy (non-hydrogen) atoms. The molecular weight excluding hydrogens is 529 g/mol. The number of hydrogen-bond acceptors (Lipinski definition) is 7. The minimum atomic E-state index is -0.537. The van der Waals surface area contributed by atoms with E-state index >= 15 is 4.39 Å². The second-order valence-corrected chi connectivity index (χ2v) is 12.4. The summed E-state index contributed by atoms with van der Waals surface area (Å²) < 4.78 is 22.9. The van der Waals surface area contributed by atoms with Crippen molar-refractivity contribution in [1.82, 2.24) is 20.2 Å². The molecule has 8 rings (SSSR count). The number of nitrogens with one attached hydrogen (secondary N) is 1. The lowest BCUT2D eigenvalue weighted by Gasteiger charge is -2.34. The third kappa shape index (κ3) is 3.99.